The maximum absolute atomic E-state index is 12.4. The van der Waals surface area contributed by atoms with Crippen molar-refractivity contribution in [3.05, 3.63) is 40.3 Å². The molecule has 2 N–H and O–H groups in total. The van der Waals surface area contributed by atoms with Crippen molar-refractivity contribution < 1.29 is 13.2 Å². The number of aromatic nitrogens is 2. The molecule has 0 bridgehead atoms. The Bertz CT molecular complexity index is 475. The van der Waals surface area contributed by atoms with Crippen molar-refractivity contribution in [2.45, 2.75) is 12.2 Å². The average molecular weight is 261 g/mol. The van der Waals surface area contributed by atoms with Crippen molar-refractivity contribution in [1.29, 1.82) is 0 Å². The zero-order valence-electron chi connectivity index (χ0n) is 8.69. The van der Waals surface area contributed by atoms with Gasteiger partial charge in [0.25, 0.3) is 0 Å². The second kappa shape index (κ2) is 4.50. The van der Waals surface area contributed by atoms with Crippen molar-refractivity contribution in [2.24, 2.45) is 5.73 Å². The van der Waals surface area contributed by atoms with Gasteiger partial charge in [0.2, 0.25) is 0 Å². The molecule has 17 heavy (non-hydrogen) atoms. The molecule has 0 aliphatic heterocycles. The minimum Gasteiger partial charge on any atom is -0.328 e. The third kappa shape index (κ3) is 2.50. The van der Waals surface area contributed by atoms with E-state index in [2.05, 4.69) is 5.10 Å². The van der Waals surface area contributed by atoms with Gasteiger partial charge in [-0.25, -0.2) is 0 Å². The Morgan fingerprint density at radius 1 is 1.41 bits per heavy atom. The van der Waals surface area contributed by atoms with E-state index in [4.69, 9.17) is 5.73 Å². The zero-order valence-corrected chi connectivity index (χ0v) is 9.50. The summed E-state index contributed by atoms with van der Waals surface area (Å²) in [5, 5.41) is 5.38. The predicted octanol–water partition coefficient (Wildman–Crippen LogP) is 2.51. The topological polar surface area (TPSA) is 43.8 Å². The van der Waals surface area contributed by atoms with Crippen LogP contribution in [0.1, 0.15) is 16.6 Å². The molecule has 0 aliphatic carbocycles. The molecule has 0 aromatic carbocycles. The average Bonchev–Trinajstić information content (AvgIpc) is 2.87. The molecule has 2 rings (SSSR count). The molecule has 7 heteroatoms. The predicted molar refractivity (Wildman–Crippen MR) is 58.7 cm³/mol. The fraction of sp³-hybridized carbons (Fsp3) is 0.300. The summed E-state index contributed by atoms with van der Waals surface area (Å²) in [5.74, 6) is 0. The zero-order chi connectivity index (χ0) is 12.5. The lowest BCUT2D eigenvalue weighted by molar-refractivity contribution is -0.141. The van der Waals surface area contributed by atoms with E-state index in [9.17, 15) is 13.2 Å². The first-order chi connectivity index (χ1) is 8.02. The Kier molecular flexibility index (Phi) is 3.21. The quantitative estimate of drug-likeness (QED) is 0.922. The lowest BCUT2D eigenvalue weighted by Crippen LogP contribution is -2.20. The maximum Gasteiger partial charge on any atom is 0.435 e. The third-order valence-electron chi connectivity index (χ3n) is 2.31. The molecule has 0 amide bonds. The SMILES string of the molecule is NCC(c1cccs1)n1ccc(C(F)(F)F)n1. The van der Waals surface area contributed by atoms with Crippen LogP contribution in [0.15, 0.2) is 29.8 Å². The fourth-order valence-electron chi connectivity index (χ4n) is 1.50. The van der Waals surface area contributed by atoms with E-state index < -0.39 is 11.9 Å². The van der Waals surface area contributed by atoms with Gasteiger partial charge in [0.05, 0.1) is 6.04 Å². The summed E-state index contributed by atoms with van der Waals surface area (Å²) in [4.78, 5) is 0.893. The Balaban J connectivity index is 2.30. The molecule has 0 saturated carbocycles. The van der Waals surface area contributed by atoms with Crippen molar-refractivity contribution >= 4 is 11.3 Å². The van der Waals surface area contributed by atoms with Gasteiger partial charge in [-0.1, -0.05) is 6.07 Å². The van der Waals surface area contributed by atoms with E-state index >= 15 is 0 Å². The van der Waals surface area contributed by atoms with Crippen LogP contribution in [0.3, 0.4) is 0 Å². The molecular weight excluding hydrogens is 251 g/mol. The van der Waals surface area contributed by atoms with Gasteiger partial charge in [0.15, 0.2) is 5.69 Å². The summed E-state index contributed by atoms with van der Waals surface area (Å²) in [5.41, 5.74) is 4.68. The Hall–Kier alpha value is -1.34. The van der Waals surface area contributed by atoms with E-state index in [1.54, 1.807) is 0 Å². The molecule has 0 radical (unpaired) electrons. The van der Waals surface area contributed by atoms with Crippen molar-refractivity contribution in [1.82, 2.24) is 9.78 Å². The van der Waals surface area contributed by atoms with E-state index in [0.29, 0.717) is 0 Å². The van der Waals surface area contributed by atoms with Gasteiger partial charge < -0.3 is 5.73 Å². The standard InChI is InChI=1S/C10H10F3N3S/c11-10(12,13)9-3-4-16(15-9)7(6-14)8-2-1-5-17-8/h1-5,7H,6,14H2. The van der Waals surface area contributed by atoms with Crippen LogP contribution in [0, 0.1) is 0 Å². The van der Waals surface area contributed by atoms with Gasteiger partial charge in [-0.15, -0.1) is 11.3 Å². The van der Waals surface area contributed by atoms with E-state index in [0.717, 1.165) is 10.9 Å². The molecule has 0 fully saturated rings. The molecule has 0 aliphatic rings. The van der Waals surface area contributed by atoms with Crippen LogP contribution in [0.4, 0.5) is 13.2 Å². The van der Waals surface area contributed by atoms with Crippen LogP contribution in [0.25, 0.3) is 0 Å². The minimum absolute atomic E-state index is 0.208. The smallest absolute Gasteiger partial charge is 0.328 e. The molecule has 92 valence electrons. The van der Waals surface area contributed by atoms with E-state index in [-0.39, 0.29) is 12.6 Å². The number of nitrogens with two attached hydrogens (primary N) is 1. The summed E-state index contributed by atoms with van der Waals surface area (Å²) in [7, 11) is 0. The Morgan fingerprint density at radius 2 is 2.18 bits per heavy atom. The highest BCUT2D eigenvalue weighted by atomic mass is 32.1. The molecule has 2 heterocycles. The first kappa shape index (κ1) is 12.1. The highest BCUT2D eigenvalue weighted by molar-refractivity contribution is 7.10. The van der Waals surface area contributed by atoms with Gasteiger partial charge in [-0.3, -0.25) is 4.68 Å². The maximum atomic E-state index is 12.4. The van der Waals surface area contributed by atoms with Crippen LogP contribution in [-0.2, 0) is 6.18 Å². The van der Waals surface area contributed by atoms with Crippen molar-refractivity contribution in [2.75, 3.05) is 6.54 Å². The summed E-state index contributed by atoms with van der Waals surface area (Å²) in [6.45, 7) is 0.208. The summed E-state index contributed by atoms with van der Waals surface area (Å²) in [6.07, 6.45) is -3.11. The molecule has 0 spiro atoms. The van der Waals surface area contributed by atoms with Gasteiger partial charge >= 0.3 is 6.18 Å². The number of halogens is 3. The monoisotopic (exact) mass is 261 g/mol. The number of hydrogen-bond acceptors (Lipinski definition) is 3. The highest BCUT2D eigenvalue weighted by Crippen LogP contribution is 2.29. The Labute approximate surface area is 99.7 Å². The lowest BCUT2D eigenvalue weighted by Gasteiger charge is -2.13. The first-order valence-corrected chi connectivity index (χ1v) is 5.76. The number of hydrogen-bond donors (Lipinski definition) is 1. The number of rotatable bonds is 3. The van der Waals surface area contributed by atoms with Crippen molar-refractivity contribution in [3.63, 3.8) is 0 Å². The van der Waals surface area contributed by atoms with Gasteiger partial charge in [0, 0.05) is 17.6 Å². The molecule has 2 aromatic rings. The molecule has 1 atom stereocenters. The summed E-state index contributed by atoms with van der Waals surface area (Å²) >= 11 is 1.45. The molecule has 1 unspecified atom stereocenters. The second-order valence-corrected chi connectivity index (χ2v) is 4.42. The van der Waals surface area contributed by atoms with Crippen molar-refractivity contribution in [3.8, 4) is 0 Å². The van der Waals surface area contributed by atoms with Gasteiger partial charge in [0.1, 0.15) is 0 Å². The number of thiophene rings is 1. The number of alkyl halides is 3. The lowest BCUT2D eigenvalue weighted by atomic mass is 10.2. The molecule has 0 saturated heterocycles. The van der Waals surface area contributed by atoms with Crippen LogP contribution in [-0.4, -0.2) is 16.3 Å². The highest BCUT2D eigenvalue weighted by Gasteiger charge is 2.34. The minimum atomic E-state index is -4.42. The first-order valence-electron chi connectivity index (χ1n) is 4.88. The van der Waals surface area contributed by atoms with Crippen LogP contribution in [0.2, 0.25) is 0 Å². The van der Waals surface area contributed by atoms with Gasteiger partial charge in [-0.05, 0) is 17.5 Å². The van der Waals surface area contributed by atoms with Crippen LogP contribution >= 0.6 is 11.3 Å². The van der Waals surface area contributed by atoms with E-state index in [1.165, 1.54) is 22.2 Å². The molecule has 2 aromatic heterocycles. The number of nitrogens with zero attached hydrogens (tertiary/aromatic N) is 2. The van der Waals surface area contributed by atoms with Gasteiger partial charge in [-0.2, -0.15) is 18.3 Å². The van der Waals surface area contributed by atoms with E-state index in [1.807, 2.05) is 17.5 Å². The Morgan fingerprint density at radius 3 is 2.65 bits per heavy atom. The third-order valence-corrected chi connectivity index (χ3v) is 3.29. The van der Waals surface area contributed by atoms with Crippen LogP contribution in [0.5, 0.6) is 0 Å². The normalized spacial score (nSPS) is 13.9. The van der Waals surface area contributed by atoms with Crippen LogP contribution < -0.4 is 5.73 Å². The molecule has 3 nitrogen and oxygen atoms in total. The second-order valence-electron chi connectivity index (χ2n) is 3.45. The molecular formula is C10H10F3N3S. The summed E-state index contributed by atoms with van der Waals surface area (Å²) in [6, 6.07) is 4.27. The fourth-order valence-corrected chi connectivity index (χ4v) is 2.33. The largest absolute Gasteiger partial charge is 0.435 e. The summed E-state index contributed by atoms with van der Waals surface area (Å²) < 4.78 is 38.5.